The first-order valence-corrected chi connectivity index (χ1v) is 7.27. The van der Waals surface area contributed by atoms with E-state index in [2.05, 4.69) is 35.9 Å². The van der Waals surface area contributed by atoms with E-state index < -0.39 is 0 Å². The first-order valence-electron chi connectivity index (χ1n) is 7.27. The Hall–Kier alpha value is -0.940. The second-order valence-electron chi connectivity index (χ2n) is 5.72. The first kappa shape index (κ1) is 14.5. The van der Waals surface area contributed by atoms with Crippen LogP contribution < -0.4 is 0 Å². The van der Waals surface area contributed by atoms with Gasteiger partial charge >= 0.3 is 0 Å². The van der Waals surface area contributed by atoms with Crippen LogP contribution in [0.15, 0.2) is 4.52 Å². The molecule has 1 saturated heterocycles. The van der Waals surface area contributed by atoms with Crippen LogP contribution in [-0.4, -0.2) is 41.3 Å². The molecule has 0 aliphatic carbocycles. The maximum atomic E-state index is 5.62. The summed E-state index contributed by atoms with van der Waals surface area (Å²) in [5.41, 5.74) is 0. The second-order valence-corrected chi connectivity index (χ2v) is 5.72. The summed E-state index contributed by atoms with van der Waals surface area (Å²) >= 11 is 0. The maximum Gasteiger partial charge on any atom is 0.240 e. The molecule has 0 saturated carbocycles. The lowest BCUT2D eigenvalue weighted by atomic mass is 10.1. The van der Waals surface area contributed by atoms with Crippen LogP contribution >= 0.6 is 0 Å². The molecule has 1 aliphatic rings. The number of hydrogen-bond donors (Lipinski definition) is 0. The monoisotopic (exact) mass is 267 g/mol. The van der Waals surface area contributed by atoms with E-state index in [4.69, 9.17) is 9.26 Å². The molecule has 1 aromatic heterocycles. The van der Waals surface area contributed by atoms with Crippen LogP contribution in [0.2, 0.25) is 0 Å². The van der Waals surface area contributed by atoms with Gasteiger partial charge in [0.15, 0.2) is 5.82 Å². The number of hydrogen-bond acceptors (Lipinski definition) is 5. The van der Waals surface area contributed by atoms with E-state index >= 15 is 0 Å². The average molecular weight is 267 g/mol. The molecule has 0 spiro atoms. The molecule has 1 atom stereocenters. The third-order valence-corrected chi connectivity index (χ3v) is 3.50. The third kappa shape index (κ3) is 4.58. The molecule has 1 aliphatic heterocycles. The fraction of sp³-hybridized carbons (Fsp3) is 0.857. The molecule has 5 heteroatoms. The molecule has 0 aromatic carbocycles. The summed E-state index contributed by atoms with van der Waals surface area (Å²) in [6.45, 7) is 6.85. The predicted molar refractivity (Wildman–Crippen MR) is 72.9 cm³/mol. The van der Waals surface area contributed by atoms with Crippen molar-refractivity contribution in [3.05, 3.63) is 11.7 Å². The number of nitrogens with zero attached hydrogens (tertiary/aromatic N) is 3. The van der Waals surface area contributed by atoms with Crippen LogP contribution in [0.3, 0.4) is 0 Å². The molecule has 0 amide bonds. The van der Waals surface area contributed by atoms with Gasteiger partial charge in [0.1, 0.15) is 0 Å². The van der Waals surface area contributed by atoms with E-state index in [1.165, 1.54) is 12.8 Å². The van der Waals surface area contributed by atoms with Gasteiger partial charge in [-0.25, -0.2) is 0 Å². The van der Waals surface area contributed by atoms with Crippen molar-refractivity contribution >= 4 is 0 Å². The van der Waals surface area contributed by atoms with Crippen LogP contribution in [0.4, 0.5) is 0 Å². The van der Waals surface area contributed by atoms with Crippen molar-refractivity contribution in [1.29, 1.82) is 0 Å². The smallest absolute Gasteiger partial charge is 0.240 e. The minimum absolute atomic E-state index is 0.322. The van der Waals surface area contributed by atoms with Gasteiger partial charge in [-0.15, -0.1) is 0 Å². The van der Waals surface area contributed by atoms with Crippen molar-refractivity contribution in [2.45, 2.75) is 58.1 Å². The average Bonchev–Trinajstić information content (AvgIpc) is 3.00. The molecular formula is C14H25N3O2. The molecule has 1 fully saturated rings. The largest absolute Gasteiger partial charge is 0.378 e. The van der Waals surface area contributed by atoms with Gasteiger partial charge in [-0.2, -0.15) is 4.98 Å². The fourth-order valence-electron chi connectivity index (χ4n) is 2.34. The number of ether oxygens (including phenoxy) is 1. The van der Waals surface area contributed by atoms with Crippen molar-refractivity contribution in [3.63, 3.8) is 0 Å². The van der Waals surface area contributed by atoms with Crippen molar-refractivity contribution in [2.24, 2.45) is 0 Å². The molecule has 19 heavy (non-hydrogen) atoms. The van der Waals surface area contributed by atoms with Gasteiger partial charge in [0, 0.05) is 12.5 Å². The van der Waals surface area contributed by atoms with E-state index in [0.717, 1.165) is 38.4 Å². The molecule has 5 nitrogen and oxygen atoms in total. The van der Waals surface area contributed by atoms with Gasteiger partial charge in [0.25, 0.3) is 0 Å². The van der Waals surface area contributed by atoms with Crippen molar-refractivity contribution in [3.8, 4) is 0 Å². The summed E-state index contributed by atoms with van der Waals surface area (Å²) in [4.78, 5) is 6.62. The molecule has 108 valence electrons. The Balaban J connectivity index is 1.66. The Kier molecular flexibility index (Phi) is 5.34. The van der Waals surface area contributed by atoms with E-state index in [9.17, 15) is 0 Å². The highest BCUT2D eigenvalue weighted by molar-refractivity contribution is 4.91. The molecule has 1 aromatic rings. The zero-order chi connectivity index (χ0) is 13.7. The van der Waals surface area contributed by atoms with E-state index in [1.807, 2.05) is 0 Å². The predicted octanol–water partition coefficient (Wildman–Crippen LogP) is 2.58. The lowest BCUT2D eigenvalue weighted by Crippen LogP contribution is -2.20. The Labute approximate surface area is 115 Å². The van der Waals surface area contributed by atoms with E-state index in [1.54, 1.807) is 0 Å². The van der Waals surface area contributed by atoms with E-state index in [0.29, 0.717) is 17.9 Å². The molecule has 0 N–H and O–H groups in total. The Bertz CT molecular complexity index is 373. The lowest BCUT2D eigenvalue weighted by molar-refractivity contribution is 0.0991. The maximum absolute atomic E-state index is 5.62. The minimum atomic E-state index is 0.322. The molecule has 2 heterocycles. The van der Waals surface area contributed by atoms with Crippen LogP contribution in [0.1, 0.15) is 57.2 Å². The van der Waals surface area contributed by atoms with Crippen LogP contribution in [0.25, 0.3) is 0 Å². The normalized spacial score (nSPS) is 19.7. The highest BCUT2D eigenvalue weighted by Gasteiger charge is 2.15. The highest BCUT2D eigenvalue weighted by Crippen LogP contribution is 2.17. The molecule has 1 unspecified atom stereocenters. The fourth-order valence-corrected chi connectivity index (χ4v) is 2.34. The SMILES string of the molecule is CC(C)c1noc(CN(C)CCCC2CCCO2)n1. The summed E-state index contributed by atoms with van der Waals surface area (Å²) in [7, 11) is 2.09. The van der Waals surface area contributed by atoms with Crippen molar-refractivity contribution in [2.75, 3.05) is 20.2 Å². The number of rotatable bonds is 7. The summed E-state index contributed by atoms with van der Waals surface area (Å²) in [5.74, 6) is 1.83. The van der Waals surface area contributed by atoms with Crippen LogP contribution in [0.5, 0.6) is 0 Å². The molecule has 0 radical (unpaired) electrons. The summed E-state index contributed by atoms with van der Waals surface area (Å²) in [5, 5.41) is 3.98. The standard InChI is InChI=1S/C14H25N3O2/c1-11(2)14-15-13(19-16-14)10-17(3)8-4-6-12-7-5-9-18-12/h11-12H,4-10H2,1-3H3. The van der Waals surface area contributed by atoms with Crippen molar-refractivity contribution < 1.29 is 9.26 Å². The molecule has 2 rings (SSSR count). The van der Waals surface area contributed by atoms with Gasteiger partial charge in [-0.05, 0) is 39.3 Å². The zero-order valence-corrected chi connectivity index (χ0v) is 12.3. The Morgan fingerprint density at radius 1 is 1.42 bits per heavy atom. The summed E-state index contributed by atoms with van der Waals surface area (Å²) in [6, 6.07) is 0. The first-order chi connectivity index (χ1) is 9.15. The summed E-state index contributed by atoms with van der Waals surface area (Å²) in [6.07, 6.45) is 5.26. The van der Waals surface area contributed by atoms with Gasteiger partial charge in [0.05, 0.1) is 12.6 Å². The van der Waals surface area contributed by atoms with E-state index in [-0.39, 0.29) is 0 Å². The Morgan fingerprint density at radius 2 is 2.26 bits per heavy atom. The molecular weight excluding hydrogens is 242 g/mol. The lowest BCUT2D eigenvalue weighted by Gasteiger charge is -2.15. The highest BCUT2D eigenvalue weighted by atomic mass is 16.5. The summed E-state index contributed by atoms with van der Waals surface area (Å²) < 4.78 is 10.9. The van der Waals surface area contributed by atoms with Gasteiger partial charge < -0.3 is 9.26 Å². The van der Waals surface area contributed by atoms with Gasteiger partial charge in [0.2, 0.25) is 5.89 Å². The van der Waals surface area contributed by atoms with Crippen molar-refractivity contribution in [1.82, 2.24) is 15.0 Å². The topological polar surface area (TPSA) is 51.4 Å². The Morgan fingerprint density at radius 3 is 2.89 bits per heavy atom. The van der Waals surface area contributed by atoms with Crippen LogP contribution in [-0.2, 0) is 11.3 Å². The third-order valence-electron chi connectivity index (χ3n) is 3.50. The quantitative estimate of drug-likeness (QED) is 0.760. The second kappa shape index (κ2) is 7.01. The van der Waals surface area contributed by atoms with Gasteiger partial charge in [-0.3, -0.25) is 4.90 Å². The zero-order valence-electron chi connectivity index (χ0n) is 12.3. The van der Waals surface area contributed by atoms with Gasteiger partial charge in [-0.1, -0.05) is 19.0 Å². The minimum Gasteiger partial charge on any atom is -0.378 e. The van der Waals surface area contributed by atoms with Crippen LogP contribution in [0, 0.1) is 0 Å². The molecule has 0 bridgehead atoms. The number of aromatic nitrogens is 2.